The summed E-state index contributed by atoms with van der Waals surface area (Å²) in [5, 5.41) is 4.29. The Balaban J connectivity index is 2.31. The van der Waals surface area contributed by atoms with Gasteiger partial charge < -0.3 is 10.5 Å². The van der Waals surface area contributed by atoms with E-state index in [-0.39, 0.29) is 0 Å². The van der Waals surface area contributed by atoms with Gasteiger partial charge in [-0.15, -0.1) is 0 Å². The molecule has 84 valence electrons. The lowest BCUT2D eigenvalue weighted by molar-refractivity contribution is 0.432. The maximum atomic E-state index is 5.95. The predicted molar refractivity (Wildman–Crippen MR) is 63.5 cm³/mol. The van der Waals surface area contributed by atoms with Gasteiger partial charge in [0.15, 0.2) is 0 Å². The molecule has 1 aromatic heterocycles. The second-order valence-electron chi connectivity index (χ2n) is 3.56. The molecule has 0 unspecified atom stereocenters. The summed E-state index contributed by atoms with van der Waals surface area (Å²) in [6.07, 6.45) is 0.803. The van der Waals surface area contributed by atoms with Gasteiger partial charge in [-0.3, -0.25) is 0 Å². The number of nitrogens with two attached hydrogens (primary N) is 1. The monoisotopic (exact) mass is 217 g/mol. The third-order valence-corrected chi connectivity index (χ3v) is 2.40. The minimum absolute atomic E-state index is 0.600. The number of ether oxygens (including phenoxy) is 1. The van der Waals surface area contributed by atoms with Gasteiger partial charge in [0.25, 0.3) is 0 Å². The molecule has 0 aliphatic heterocycles. The van der Waals surface area contributed by atoms with Crippen LogP contribution in [0.15, 0.2) is 30.3 Å². The highest BCUT2D eigenvalue weighted by Crippen LogP contribution is 2.29. The lowest BCUT2D eigenvalue weighted by Crippen LogP contribution is -1.96. The number of nitrogens with zero attached hydrogens (tertiary/aromatic N) is 2. The van der Waals surface area contributed by atoms with E-state index in [4.69, 9.17) is 10.5 Å². The van der Waals surface area contributed by atoms with Gasteiger partial charge in [-0.05, 0) is 18.6 Å². The van der Waals surface area contributed by atoms with E-state index in [0.29, 0.717) is 11.6 Å². The zero-order chi connectivity index (χ0) is 11.5. The second-order valence-corrected chi connectivity index (χ2v) is 3.56. The SMILES string of the molecule is CCc1nn(C)c(Oc2ccccc2)c1N. The zero-order valence-corrected chi connectivity index (χ0v) is 9.47. The number of hydrogen-bond acceptors (Lipinski definition) is 3. The first-order chi connectivity index (χ1) is 7.72. The summed E-state index contributed by atoms with van der Waals surface area (Å²) in [6, 6.07) is 9.55. The highest BCUT2D eigenvalue weighted by atomic mass is 16.5. The quantitative estimate of drug-likeness (QED) is 0.858. The van der Waals surface area contributed by atoms with E-state index in [2.05, 4.69) is 5.10 Å². The van der Waals surface area contributed by atoms with Gasteiger partial charge in [-0.25, -0.2) is 4.68 Å². The van der Waals surface area contributed by atoms with Crippen molar-refractivity contribution in [1.82, 2.24) is 9.78 Å². The molecule has 0 fully saturated rings. The normalized spacial score (nSPS) is 10.4. The third kappa shape index (κ3) is 1.86. The molecule has 0 amide bonds. The molecule has 0 saturated heterocycles. The van der Waals surface area contributed by atoms with E-state index in [1.165, 1.54) is 0 Å². The van der Waals surface area contributed by atoms with Crippen LogP contribution in [0.3, 0.4) is 0 Å². The highest BCUT2D eigenvalue weighted by Gasteiger charge is 2.13. The first-order valence-electron chi connectivity index (χ1n) is 5.26. The number of aryl methyl sites for hydroxylation is 2. The molecule has 16 heavy (non-hydrogen) atoms. The molecule has 0 aliphatic carbocycles. The molecule has 4 nitrogen and oxygen atoms in total. The van der Waals surface area contributed by atoms with Crippen LogP contribution < -0.4 is 10.5 Å². The van der Waals surface area contributed by atoms with E-state index in [1.54, 1.807) is 4.68 Å². The first-order valence-corrected chi connectivity index (χ1v) is 5.26. The molecule has 2 aromatic rings. The highest BCUT2D eigenvalue weighted by molar-refractivity contribution is 5.54. The Morgan fingerprint density at radius 3 is 2.56 bits per heavy atom. The van der Waals surface area contributed by atoms with Gasteiger partial charge in [0.05, 0.1) is 5.69 Å². The molecule has 0 spiro atoms. The van der Waals surface area contributed by atoms with E-state index in [1.807, 2.05) is 44.3 Å². The fraction of sp³-hybridized carbons (Fsp3) is 0.250. The molecule has 1 aromatic carbocycles. The van der Waals surface area contributed by atoms with E-state index in [0.717, 1.165) is 17.9 Å². The Morgan fingerprint density at radius 1 is 1.31 bits per heavy atom. The molecule has 4 heteroatoms. The average molecular weight is 217 g/mol. The van der Waals surface area contributed by atoms with Gasteiger partial charge in [-0.2, -0.15) is 5.10 Å². The van der Waals surface area contributed by atoms with Crippen molar-refractivity contribution >= 4 is 5.69 Å². The van der Waals surface area contributed by atoms with Crippen LogP contribution in [-0.2, 0) is 13.5 Å². The lowest BCUT2D eigenvalue weighted by atomic mass is 10.3. The van der Waals surface area contributed by atoms with Crippen molar-refractivity contribution in [2.75, 3.05) is 5.73 Å². The lowest BCUT2D eigenvalue weighted by Gasteiger charge is -2.05. The van der Waals surface area contributed by atoms with Crippen molar-refractivity contribution in [3.8, 4) is 11.6 Å². The van der Waals surface area contributed by atoms with Gasteiger partial charge in [0, 0.05) is 7.05 Å². The molecular formula is C12H15N3O. The topological polar surface area (TPSA) is 53.1 Å². The zero-order valence-electron chi connectivity index (χ0n) is 9.47. The number of hydrogen-bond donors (Lipinski definition) is 1. The molecular weight excluding hydrogens is 202 g/mol. The van der Waals surface area contributed by atoms with Crippen LogP contribution in [0.5, 0.6) is 11.6 Å². The molecule has 0 saturated carbocycles. The van der Waals surface area contributed by atoms with Crippen LogP contribution in [0.2, 0.25) is 0 Å². The molecule has 0 bridgehead atoms. The number of aromatic nitrogens is 2. The van der Waals surface area contributed by atoms with Crippen LogP contribution in [0, 0.1) is 0 Å². The number of anilines is 1. The average Bonchev–Trinajstić information content (AvgIpc) is 2.58. The van der Waals surface area contributed by atoms with Crippen molar-refractivity contribution in [3.63, 3.8) is 0 Å². The van der Waals surface area contributed by atoms with Crippen LogP contribution in [-0.4, -0.2) is 9.78 Å². The van der Waals surface area contributed by atoms with Gasteiger partial charge >= 0.3 is 0 Å². The number of para-hydroxylation sites is 1. The number of benzene rings is 1. The van der Waals surface area contributed by atoms with Crippen LogP contribution in [0.4, 0.5) is 5.69 Å². The fourth-order valence-corrected chi connectivity index (χ4v) is 1.56. The standard InChI is InChI=1S/C12H15N3O/c1-3-10-11(13)12(15(2)14-10)16-9-7-5-4-6-8-9/h4-8H,3,13H2,1-2H3. The van der Waals surface area contributed by atoms with Crippen molar-refractivity contribution < 1.29 is 4.74 Å². The molecule has 2 rings (SSSR count). The Kier molecular flexibility index (Phi) is 2.81. The molecule has 0 aliphatic rings. The van der Waals surface area contributed by atoms with E-state index < -0.39 is 0 Å². The molecule has 0 atom stereocenters. The summed E-state index contributed by atoms with van der Waals surface area (Å²) in [5.41, 5.74) is 7.44. The first kappa shape index (κ1) is 10.5. The van der Waals surface area contributed by atoms with E-state index >= 15 is 0 Å². The van der Waals surface area contributed by atoms with E-state index in [9.17, 15) is 0 Å². The second kappa shape index (κ2) is 4.26. The summed E-state index contributed by atoms with van der Waals surface area (Å²) in [5.74, 6) is 1.36. The van der Waals surface area contributed by atoms with Gasteiger partial charge in [-0.1, -0.05) is 25.1 Å². The summed E-state index contributed by atoms with van der Waals surface area (Å²) < 4.78 is 7.37. The van der Waals surface area contributed by atoms with Gasteiger partial charge in [0.1, 0.15) is 11.4 Å². The summed E-state index contributed by atoms with van der Waals surface area (Å²) in [7, 11) is 1.83. The van der Waals surface area contributed by atoms with Crippen LogP contribution in [0.25, 0.3) is 0 Å². The maximum absolute atomic E-state index is 5.95. The van der Waals surface area contributed by atoms with Crippen LogP contribution in [0.1, 0.15) is 12.6 Å². The minimum Gasteiger partial charge on any atom is -0.437 e. The Morgan fingerprint density at radius 2 is 2.00 bits per heavy atom. The maximum Gasteiger partial charge on any atom is 0.241 e. The molecule has 1 heterocycles. The third-order valence-electron chi connectivity index (χ3n) is 2.40. The van der Waals surface area contributed by atoms with Gasteiger partial charge in [0.2, 0.25) is 5.88 Å². The Hall–Kier alpha value is -1.97. The van der Waals surface area contributed by atoms with Crippen LogP contribution >= 0.6 is 0 Å². The Labute approximate surface area is 94.6 Å². The van der Waals surface area contributed by atoms with Crippen molar-refractivity contribution in [2.45, 2.75) is 13.3 Å². The molecule has 2 N–H and O–H groups in total. The largest absolute Gasteiger partial charge is 0.437 e. The smallest absolute Gasteiger partial charge is 0.241 e. The summed E-state index contributed by atoms with van der Waals surface area (Å²) in [6.45, 7) is 2.02. The van der Waals surface area contributed by atoms with Crippen molar-refractivity contribution in [3.05, 3.63) is 36.0 Å². The minimum atomic E-state index is 0.600. The van der Waals surface area contributed by atoms with Crippen molar-refractivity contribution in [1.29, 1.82) is 0 Å². The fourth-order valence-electron chi connectivity index (χ4n) is 1.56. The summed E-state index contributed by atoms with van der Waals surface area (Å²) >= 11 is 0. The molecule has 0 radical (unpaired) electrons. The number of nitrogen functional groups attached to an aromatic ring is 1. The predicted octanol–water partition coefficient (Wildman–Crippen LogP) is 2.36. The van der Waals surface area contributed by atoms with Crippen molar-refractivity contribution in [2.24, 2.45) is 7.05 Å². The Bertz CT molecular complexity index is 477. The summed E-state index contributed by atoms with van der Waals surface area (Å²) in [4.78, 5) is 0. The number of rotatable bonds is 3.